The number of fused-ring (bicyclic) bond motifs is 1. The van der Waals surface area contributed by atoms with E-state index in [9.17, 15) is 0 Å². The van der Waals surface area contributed by atoms with E-state index in [-0.39, 0.29) is 0 Å². The van der Waals surface area contributed by atoms with Crippen LogP contribution >= 0.6 is 23.2 Å². The fourth-order valence-electron chi connectivity index (χ4n) is 2.49. The molecule has 0 aliphatic rings. The lowest BCUT2D eigenvalue weighted by molar-refractivity contribution is 0.309. The zero-order valence-corrected chi connectivity index (χ0v) is 13.9. The smallest absolute Gasteiger partial charge is 0.146 e. The molecular weight excluding hydrogens is 317 g/mol. The minimum Gasteiger partial charge on any atom is -0.487 e. The molecule has 2 aromatic carbocycles. The molecule has 0 radical (unpaired) electrons. The first kappa shape index (κ1) is 15.1. The average Bonchev–Trinajstić information content (AvgIpc) is 2.47. The molecule has 0 aliphatic carbocycles. The highest BCUT2D eigenvalue weighted by Crippen LogP contribution is 2.30. The molecule has 0 amide bonds. The summed E-state index contributed by atoms with van der Waals surface area (Å²) in [5.41, 5.74) is 3.80. The van der Waals surface area contributed by atoms with Gasteiger partial charge in [0.1, 0.15) is 17.9 Å². The molecule has 3 aromatic rings. The molecule has 2 nitrogen and oxygen atoms in total. The van der Waals surface area contributed by atoms with Gasteiger partial charge in [-0.25, -0.2) is 4.98 Å². The number of pyridine rings is 1. The second kappa shape index (κ2) is 6.15. The summed E-state index contributed by atoms with van der Waals surface area (Å²) in [7, 11) is 0. The van der Waals surface area contributed by atoms with Gasteiger partial charge in [0.25, 0.3) is 0 Å². The first-order chi connectivity index (χ1) is 10.6. The van der Waals surface area contributed by atoms with Crippen molar-refractivity contribution >= 4 is 34.1 Å². The third-order valence-electron chi connectivity index (χ3n) is 3.57. The number of hydrogen-bond acceptors (Lipinski definition) is 2. The Labute approximate surface area is 139 Å². The van der Waals surface area contributed by atoms with Gasteiger partial charge in [0.2, 0.25) is 0 Å². The molecule has 4 heteroatoms. The Morgan fingerprint density at radius 1 is 1.00 bits per heavy atom. The highest BCUT2D eigenvalue weighted by Gasteiger charge is 2.10. The molecule has 0 atom stereocenters. The lowest BCUT2D eigenvalue weighted by Crippen LogP contribution is -1.99. The molecule has 0 fully saturated rings. The molecule has 0 spiro atoms. The molecule has 0 bridgehead atoms. The van der Waals surface area contributed by atoms with Gasteiger partial charge in [-0.15, -0.1) is 0 Å². The third kappa shape index (κ3) is 2.90. The number of rotatable bonds is 3. The molecule has 22 heavy (non-hydrogen) atoms. The van der Waals surface area contributed by atoms with Crippen molar-refractivity contribution in [2.24, 2.45) is 0 Å². The topological polar surface area (TPSA) is 22.1 Å². The SMILES string of the molecule is Cc1cc(C)c2cccc(OCc3c(Cl)cccc3Cl)c2n1. The van der Waals surface area contributed by atoms with Crippen molar-refractivity contribution in [2.75, 3.05) is 0 Å². The number of aromatic nitrogens is 1. The molecule has 0 aliphatic heterocycles. The first-order valence-corrected chi connectivity index (χ1v) is 7.74. The third-order valence-corrected chi connectivity index (χ3v) is 4.28. The van der Waals surface area contributed by atoms with Crippen molar-refractivity contribution in [1.82, 2.24) is 4.98 Å². The quantitative estimate of drug-likeness (QED) is 0.610. The summed E-state index contributed by atoms with van der Waals surface area (Å²) < 4.78 is 5.95. The summed E-state index contributed by atoms with van der Waals surface area (Å²) in [6.45, 7) is 4.37. The number of halogens is 2. The number of nitrogens with zero attached hydrogens (tertiary/aromatic N) is 1. The molecule has 3 rings (SSSR count). The van der Waals surface area contributed by atoms with Crippen LogP contribution in [-0.2, 0) is 6.61 Å². The van der Waals surface area contributed by atoms with Gasteiger partial charge in [0, 0.05) is 26.7 Å². The Kier molecular flexibility index (Phi) is 4.23. The minimum atomic E-state index is 0.312. The number of ether oxygens (including phenoxy) is 1. The Hall–Kier alpha value is -1.77. The van der Waals surface area contributed by atoms with Gasteiger partial charge in [0.15, 0.2) is 0 Å². The van der Waals surface area contributed by atoms with Crippen LogP contribution in [0, 0.1) is 13.8 Å². The van der Waals surface area contributed by atoms with Gasteiger partial charge in [0.05, 0.1) is 0 Å². The van der Waals surface area contributed by atoms with Crippen molar-refractivity contribution in [3.8, 4) is 5.75 Å². The summed E-state index contributed by atoms with van der Waals surface area (Å²) in [6, 6.07) is 13.4. The van der Waals surface area contributed by atoms with Gasteiger partial charge in [-0.05, 0) is 43.7 Å². The molecule has 0 saturated heterocycles. The maximum Gasteiger partial charge on any atom is 0.146 e. The molecular formula is C18H15Cl2NO. The Morgan fingerprint density at radius 3 is 2.41 bits per heavy atom. The summed E-state index contributed by atoms with van der Waals surface area (Å²) >= 11 is 12.4. The summed E-state index contributed by atoms with van der Waals surface area (Å²) in [5, 5.41) is 2.30. The molecule has 1 aromatic heterocycles. The molecule has 0 unspecified atom stereocenters. The van der Waals surface area contributed by atoms with E-state index in [1.807, 2.05) is 43.3 Å². The van der Waals surface area contributed by atoms with Crippen molar-refractivity contribution in [1.29, 1.82) is 0 Å². The molecule has 0 N–H and O–H groups in total. The first-order valence-electron chi connectivity index (χ1n) is 6.99. The van der Waals surface area contributed by atoms with Crippen LogP contribution in [0.4, 0.5) is 0 Å². The Morgan fingerprint density at radius 2 is 1.68 bits per heavy atom. The van der Waals surface area contributed by atoms with Crippen LogP contribution in [0.3, 0.4) is 0 Å². The van der Waals surface area contributed by atoms with Crippen molar-refractivity contribution in [3.05, 3.63) is 69.3 Å². The Balaban J connectivity index is 1.98. The van der Waals surface area contributed by atoms with Crippen LogP contribution in [-0.4, -0.2) is 4.98 Å². The fourth-order valence-corrected chi connectivity index (χ4v) is 3.00. The van der Waals surface area contributed by atoms with Gasteiger partial charge in [-0.2, -0.15) is 0 Å². The van der Waals surface area contributed by atoms with Crippen molar-refractivity contribution in [2.45, 2.75) is 20.5 Å². The van der Waals surface area contributed by atoms with Gasteiger partial charge in [-0.1, -0.05) is 41.4 Å². The Bertz CT molecular complexity index is 826. The number of para-hydroxylation sites is 1. The molecule has 112 valence electrons. The van der Waals surface area contributed by atoms with E-state index in [2.05, 4.69) is 18.0 Å². The summed E-state index contributed by atoms with van der Waals surface area (Å²) in [4.78, 5) is 4.60. The minimum absolute atomic E-state index is 0.312. The fraction of sp³-hybridized carbons (Fsp3) is 0.167. The second-order valence-electron chi connectivity index (χ2n) is 5.22. The number of hydrogen-bond donors (Lipinski definition) is 0. The largest absolute Gasteiger partial charge is 0.487 e. The van der Waals surface area contributed by atoms with Crippen molar-refractivity contribution < 1.29 is 4.74 Å². The average molecular weight is 332 g/mol. The molecule has 1 heterocycles. The van der Waals surface area contributed by atoms with Gasteiger partial charge >= 0.3 is 0 Å². The predicted octanol–water partition coefficient (Wildman–Crippen LogP) is 5.74. The van der Waals surface area contributed by atoms with E-state index in [4.69, 9.17) is 27.9 Å². The van der Waals surface area contributed by atoms with Gasteiger partial charge < -0.3 is 4.74 Å². The predicted molar refractivity (Wildman–Crippen MR) is 92.0 cm³/mol. The maximum absolute atomic E-state index is 6.18. The van der Waals surface area contributed by atoms with E-state index in [0.29, 0.717) is 16.7 Å². The van der Waals surface area contributed by atoms with Crippen molar-refractivity contribution in [3.63, 3.8) is 0 Å². The van der Waals surface area contributed by atoms with Crippen LogP contribution in [0.2, 0.25) is 10.0 Å². The van der Waals surface area contributed by atoms with E-state index in [1.165, 1.54) is 5.56 Å². The van der Waals surface area contributed by atoms with E-state index in [0.717, 1.165) is 27.9 Å². The normalized spacial score (nSPS) is 10.9. The summed E-state index contributed by atoms with van der Waals surface area (Å²) in [5.74, 6) is 0.736. The summed E-state index contributed by atoms with van der Waals surface area (Å²) in [6.07, 6.45) is 0. The molecule has 0 saturated carbocycles. The lowest BCUT2D eigenvalue weighted by atomic mass is 10.1. The van der Waals surface area contributed by atoms with Crippen LogP contribution in [0.15, 0.2) is 42.5 Å². The standard InChI is InChI=1S/C18H15Cl2NO/c1-11-9-12(2)21-18-13(11)5-3-8-17(18)22-10-14-15(19)6-4-7-16(14)20/h3-9H,10H2,1-2H3. The monoisotopic (exact) mass is 331 g/mol. The van der Waals surface area contributed by atoms with Crippen LogP contribution < -0.4 is 4.74 Å². The van der Waals surface area contributed by atoms with Gasteiger partial charge in [-0.3, -0.25) is 0 Å². The van der Waals surface area contributed by atoms with Crippen LogP contribution in [0.1, 0.15) is 16.8 Å². The van der Waals surface area contributed by atoms with E-state index < -0.39 is 0 Å². The number of aryl methyl sites for hydroxylation is 2. The lowest BCUT2D eigenvalue weighted by Gasteiger charge is -2.12. The second-order valence-corrected chi connectivity index (χ2v) is 6.04. The van der Waals surface area contributed by atoms with E-state index in [1.54, 1.807) is 0 Å². The zero-order valence-electron chi connectivity index (χ0n) is 12.4. The highest BCUT2D eigenvalue weighted by molar-refractivity contribution is 6.35. The van der Waals surface area contributed by atoms with Crippen LogP contribution in [0.25, 0.3) is 10.9 Å². The van der Waals surface area contributed by atoms with Crippen LogP contribution in [0.5, 0.6) is 5.75 Å². The van der Waals surface area contributed by atoms with E-state index >= 15 is 0 Å². The zero-order chi connectivity index (χ0) is 15.7. The maximum atomic E-state index is 6.18. The number of benzene rings is 2. The highest BCUT2D eigenvalue weighted by atomic mass is 35.5.